The molecule has 0 saturated carbocycles. The van der Waals surface area contributed by atoms with Gasteiger partial charge in [0, 0.05) is 0 Å². The molecule has 0 fully saturated rings. The molecule has 0 amide bonds. The van der Waals surface area contributed by atoms with Gasteiger partial charge >= 0.3 is 0 Å². The molecule has 0 spiro atoms. The highest BCUT2D eigenvalue weighted by atomic mass is 32.2. The first-order valence-electron chi connectivity index (χ1n) is 7.33. The minimum atomic E-state index is -3.68. The van der Waals surface area contributed by atoms with Crippen LogP contribution in [0.3, 0.4) is 0 Å². The van der Waals surface area contributed by atoms with Crippen LogP contribution in [0.4, 0.5) is 11.4 Å². The number of rotatable bonds is 4. The Bertz CT molecular complexity index is 930. The molecule has 0 bridgehead atoms. The van der Waals surface area contributed by atoms with Crippen LogP contribution < -0.4 is 10.0 Å². The van der Waals surface area contributed by atoms with Crippen molar-refractivity contribution in [1.29, 1.82) is 5.26 Å². The molecule has 2 N–H and O–H groups in total. The lowest BCUT2D eigenvalue weighted by Crippen LogP contribution is -2.14. The van der Waals surface area contributed by atoms with Crippen LogP contribution in [0.5, 0.6) is 0 Å². The standard InChI is InChI=1S/C17H18N4O2S2/c1-12-4-9-16(13(2)10-12)21-25(22,23)15-7-5-14(6-8-15)20-17(24-3)19-11-18/h4-10,21H,1-3H3,(H,19,20). The summed E-state index contributed by atoms with van der Waals surface area (Å²) >= 11 is 1.29. The van der Waals surface area contributed by atoms with Crippen LogP contribution in [0.2, 0.25) is 0 Å². The number of nitrogens with one attached hydrogen (secondary N) is 2. The number of nitrogens with zero attached hydrogens (tertiary/aromatic N) is 2. The lowest BCUT2D eigenvalue weighted by molar-refractivity contribution is 0.601. The Hall–Kier alpha value is -2.50. The second-order valence-electron chi connectivity index (χ2n) is 5.28. The molecule has 2 aromatic carbocycles. The van der Waals surface area contributed by atoms with E-state index in [4.69, 9.17) is 5.26 Å². The molecule has 8 heteroatoms. The second-order valence-corrected chi connectivity index (χ2v) is 7.75. The quantitative estimate of drug-likeness (QED) is 0.369. The average molecular weight is 374 g/mol. The average Bonchev–Trinajstić information content (AvgIpc) is 2.57. The van der Waals surface area contributed by atoms with E-state index in [1.807, 2.05) is 26.0 Å². The van der Waals surface area contributed by atoms with Crippen LogP contribution >= 0.6 is 11.8 Å². The fraction of sp³-hybridized carbons (Fsp3) is 0.176. The Morgan fingerprint density at radius 1 is 1.16 bits per heavy atom. The van der Waals surface area contributed by atoms with E-state index in [1.54, 1.807) is 30.6 Å². The predicted molar refractivity (Wildman–Crippen MR) is 103 cm³/mol. The van der Waals surface area contributed by atoms with Crippen molar-refractivity contribution >= 4 is 38.3 Å². The van der Waals surface area contributed by atoms with Crippen LogP contribution in [-0.4, -0.2) is 19.8 Å². The summed E-state index contributed by atoms with van der Waals surface area (Å²) in [5, 5.41) is 11.5. The normalized spacial score (nSPS) is 11.7. The Labute approximate surface area is 152 Å². The molecule has 2 aromatic rings. The summed E-state index contributed by atoms with van der Waals surface area (Å²) in [7, 11) is -3.68. The van der Waals surface area contributed by atoms with Gasteiger partial charge in [0.2, 0.25) is 0 Å². The maximum atomic E-state index is 12.5. The summed E-state index contributed by atoms with van der Waals surface area (Å²) in [6.07, 6.45) is 3.59. The van der Waals surface area contributed by atoms with Gasteiger partial charge in [-0.3, -0.25) is 10.0 Å². The number of amidine groups is 1. The Kier molecular flexibility index (Phi) is 6.07. The molecule has 130 valence electrons. The zero-order valence-corrected chi connectivity index (χ0v) is 15.7. The van der Waals surface area contributed by atoms with Crippen LogP contribution in [0.1, 0.15) is 11.1 Å². The molecule has 0 heterocycles. The van der Waals surface area contributed by atoms with Crippen molar-refractivity contribution in [2.75, 3.05) is 11.0 Å². The van der Waals surface area contributed by atoms with Gasteiger partial charge in [-0.05, 0) is 56.0 Å². The molecule has 6 nitrogen and oxygen atoms in total. The van der Waals surface area contributed by atoms with Crippen molar-refractivity contribution < 1.29 is 8.42 Å². The molecule has 2 rings (SSSR count). The van der Waals surface area contributed by atoms with Gasteiger partial charge in [-0.15, -0.1) is 0 Å². The zero-order chi connectivity index (χ0) is 18.4. The van der Waals surface area contributed by atoms with Crippen molar-refractivity contribution in [3.8, 4) is 6.19 Å². The van der Waals surface area contributed by atoms with Gasteiger partial charge in [0.25, 0.3) is 10.0 Å². The zero-order valence-electron chi connectivity index (χ0n) is 14.1. The molecule has 0 aliphatic rings. The number of aliphatic imine (C=N–C) groups is 1. The highest BCUT2D eigenvalue weighted by molar-refractivity contribution is 8.13. The van der Waals surface area contributed by atoms with Gasteiger partial charge in [-0.2, -0.15) is 5.26 Å². The van der Waals surface area contributed by atoms with E-state index >= 15 is 0 Å². The van der Waals surface area contributed by atoms with Crippen LogP contribution in [-0.2, 0) is 10.0 Å². The van der Waals surface area contributed by atoms with Crippen molar-refractivity contribution in [2.24, 2.45) is 4.99 Å². The lowest BCUT2D eigenvalue weighted by Gasteiger charge is -2.11. The number of hydrogen-bond acceptors (Lipinski definition) is 5. The number of hydrogen-bond donors (Lipinski definition) is 2. The van der Waals surface area contributed by atoms with Gasteiger partial charge in [0.15, 0.2) is 11.4 Å². The fourth-order valence-electron chi connectivity index (χ4n) is 2.12. The molecular formula is C17H18N4O2S2. The fourth-order valence-corrected chi connectivity index (χ4v) is 3.60. The molecule has 0 aromatic heterocycles. The minimum absolute atomic E-state index is 0.144. The van der Waals surface area contributed by atoms with Crippen molar-refractivity contribution in [1.82, 2.24) is 5.32 Å². The predicted octanol–water partition coefficient (Wildman–Crippen LogP) is 3.53. The minimum Gasteiger partial charge on any atom is -0.279 e. The van der Waals surface area contributed by atoms with Gasteiger partial charge in [0.05, 0.1) is 16.3 Å². The van der Waals surface area contributed by atoms with Crippen LogP contribution in [0.25, 0.3) is 0 Å². The van der Waals surface area contributed by atoms with E-state index < -0.39 is 10.0 Å². The third kappa shape index (κ3) is 4.98. The Balaban J connectivity index is 2.24. The van der Waals surface area contributed by atoms with Gasteiger partial charge in [-0.1, -0.05) is 29.5 Å². The third-order valence-corrected chi connectivity index (χ3v) is 5.32. The maximum Gasteiger partial charge on any atom is 0.261 e. The summed E-state index contributed by atoms with van der Waals surface area (Å²) in [6.45, 7) is 3.81. The van der Waals surface area contributed by atoms with Gasteiger partial charge in [0.1, 0.15) is 0 Å². The van der Waals surface area contributed by atoms with E-state index in [1.165, 1.54) is 23.9 Å². The smallest absolute Gasteiger partial charge is 0.261 e. The summed E-state index contributed by atoms with van der Waals surface area (Å²) in [4.78, 5) is 4.37. The molecule has 25 heavy (non-hydrogen) atoms. The van der Waals surface area contributed by atoms with E-state index in [9.17, 15) is 8.42 Å². The molecule has 0 aliphatic heterocycles. The SMILES string of the molecule is CSC(=Nc1ccc(S(=O)(=O)Nc2ccc(C)cc2C)cc1)NC#N. The van der Waals surface area contributed by atoms with E-state index in [-0.39, 0.29) is 4.90 Å². The first kappa shape index (κ1) is 18.8. The summed E-state index contributed by atoms with van der Waals surface area (Å²) in [5.74, 6) is 0. The summed E-state index contributed by atoms with van der Waals surface area (Å²) in [6, 6.07) is 11.7. The number of benzene rings is 2. The van der Waals surface area contributed by atoms with E-state index in [2.05, 4.69) is 15.0 Å². The van der Waals surface area contributed by atoms with E-state index in [0.29, 0.717) is 16.5 Å². The Morgan fingerprint density at radius 2 is 1.84 bits per heavy atom. The molecule has 0 unspecified atom stereocenters. The number of aryl methyl sites for hydroxylation is 2. The van der Waals surface area contributed by atoms with Crippen molar-refractivity contribution in [2.45, 2.75) is 18.7 Å². The highest BCUT2D eigenvalue weighted by Gasteiger charge is 2.15. The number of nitriles is 1. The van der Waals surface area contributed by atoms with Gasteiger partial charge < -0.3 is 0 Å². The lowest BCUT2D eigenvalue weighted by atomic mass is 10.1. The summed E-state index contributed by atoms with van der Waals surface area (Å²) < 4.78 is 27.6. The van der Waals surface area contributed by atoms with Crippen molar-refractivity contribution in [3.63, 3.8) is 0 Å². The Morgan fingerprint density at radius 3 is 2.40 bits per heavy atom. The monoisotopic (exact) mass is 374 g/mol. The molecule has 0 saturated heterocycles. The van der Waals surface area contributed by atoms with Crippen LogP contribution in [0.15, 0.2) is 52.4 Å². The highest BCUT2D eigenvalue weighted by Crippen LogP contribution is 2.22. The second kappa shape index (κ2) is 8.05. The number of anilines is 1. The summed E-state index contributed by atoms with van der Waals surface area (Å²) in [5.41, 5.74) is 3.03. The van der Waals surface area contributed by atoms with Gasteiger partial charge in [-0.25, -0.2) is 13.4 Å². The molecular weight excluding hydrogens is 356 g/mol. The number of thioether (sulfide) groups is 1. The van der Waals surface area contributed by atoms with Crippen molar-refractivity contribution in [3.05, 3.63) is 53.6 Å². The maximum absolute atomic E-state index is 12.5. The number of sulfonamides is 1. The largest absolute Gasteiger partial charge is 0.279 e. The molecule has 0 atom stereocenters. The first-order chi connectivity index (χ1) is 11.9. The molecule has 0 radical (unpaired) electrons. The van der Waals surface area contributed by atoms with E-state index in [0.717, 1.165) is 11.1 Å². The molecule has 0 aliphatic carbocycles. The van der Waals surface area contributed by atoms with Crippen LogP contribution in [0, 0.1) is 25.3 Å². The topological polar surface area (TPSA) is 94.3 Å². The third-order valence-electron chi connectivity index (χ3n) is 3.36. The first-order valence-corrected chi connectivity index (χ1v) is 10.0.